The molecule has 0 saturated carbocycles. The second kappa shape index (κ2) is 14.3. The Balaban J connectivity index is 1.01. The zero-order valence-electron chi connectivity index (χ0n) is 36.7. The molecule has 0 radical (unpaired) electrons. The fourth-order valence-electron chi connectivity index (χ4n) is 11.0. The Kier molecular flexibility index (Phi) is 8.55. The standard InChI is InChI=1S/C60H48N4/c1-58(2)34-35-59(3,4)52-38-54-48(37-51(52)58)47-26-13-16-29-53(47)64(54)44-23-17-20-41(36-44)57-62-55(39-18-7-5-8-19-39)61-56(63-57)40-30-32-43(33-31-40)60(42-21-9-6-10-22-42)49-27-14-11-24-45(49)46-25-12-15-28-50(46)60/h5-33,36-38H,34-35H2,1-4H3. The average molecular weight is 825 g/mol. The lowest BCUT2D eigenvalue weighted by atomic mass is 9.63. The zero-order valence-corrected chi connectivity index (χ0v) is 36.7. The minimum atomic E-state index is -0.481. The topological polar surface area (TPSA) is 43.6 Å². The first-order valence-corrected chi connectivity index (χ1v) is 22.6. The Bertz CT molecular complexity index is 3390. The van der Waals surface area contributed by atoms with Crippen LogP contribution in [0.5, 0.6) is 0 Å². The van der Waals surface area contributed by atoms with Crippen LogP contribution in [0.2, 0.25) is 0 Å². The molecule has 2 heterocycles. The molecule has 0 amide bonds. The van der Waals surface area contributed by atoms with E-state index < -0.39 is 5.41 Å². The number of aromatic nitrogens is 4. The lowest BCUT2D eigenvalue weighted by Gasteiger charge is -2.42. The first-order valence-electron chi connectivity index (χ1n) is 22.6. The largest absolute Gasteiger partial charge is 0.309 e. The van der Waals surface area contributed by atoms with Gasteiger partial charge in [-0.05, 0) is 98.5 Å². The zero-order chi connectivity index (χ0) is 43.2. The number of hydrogen-bond donors (Lipinski definition) is 0. The van der Waals surface area contributed by atoms with Crippen molar-refractivity contribution in [1.82, 2.24) is 19.5 Å². The summed E-state index contributed by atoms with van der Waals surface area (Å²) in [4.78, 5) is 15.6. The third-order valence-electron chi connectivity index (χ3n) is 14.4. The van der Waals surface area contributed by atoms with Crippen molar-refractivity contribution in [1.29, 1.82) is 0 Å². The summed E-state index contributed by atoms with van der Waals surface area (Å²) in [6.45, 7) is 9.63. The maximum atomic E-state index is 5.28. The van der Waals surface area contributed by atoms with E-state index in [2.05, 4.69) is 208 Å². The molecule has 0 N–H and O–H groups in total. The van der Waals surface area contributed by atoms with E-state index in [0.717, 1.165) is 28.8 Å². The quantitative estimate of drug-likeness (QED) is 0.168. The predicted molar refractivity (Wildman–Crippen MR) is 263 cm³/mol. The minimum absolute atomic E-state index is 0.0870. The third kappa shape index (κ3) is 5.78. The minimum Gasteiger partial charge on any atom is -0.309 e. The van der Waals surface area contributed by atoms with Crippen LogP contribution in [0.15, 0.2) is 194 Å². The number of rotatable bonds is 6. The number of benzene rings is 8. The summed E-state index contributed by atoms with van der Waals surface area (Å²) in [7, 11) is 0. The number of para-hydroxylation sites is 1. The van der Waals surface area contributed by atoms with E-state index in [0.29, 0.717) is 17.5 Å². The van der Waals surface area contributed by atoms with Gasteiger partial charge in [-0.3, -0.25) is 0 Å². The van der Waals surface area contributed by atoms with Gasteiger partial charge in [0.15, 0.2) is 17.5 Å². The Morgan fingerprint density at radius 3 is 1.53 bits per heavy atom. The highest BCUT2D eigenvalue weighted by Gasteiger charge is 2.46. The van der Waals surface area contributed by atoms with Crippen molar-refractivity contribution in [3.63, 3.8) is 0 Å². The Morgan fingerprint density at radius 1 is 0.375 bits per heavy atom. The predicted octanol–water partition coefficient (Wildman–Crippen LogP) is 14.7. The summed E-state index contributed by atoms with van der Waals surface area (Å²) in [5, 5.41) is 2.56. The number of fused-ring (bicyclic) bond motifs is 7. The first-order chi connectivity index (χ1) is 31.2. The van der Waals surface area contributed by atoms with Crippen molar-refractivity contribution in [2.24, 2.45) is 0 Å². The SMILES string of the molecule is CC1(C)CCC(C)(C)c2cc3c(cc21)c1ccccc1n3-c1cccc(-c2nc(-c3ccccc3)nc(-c3ccc(C4(c5ccccc5)c5ccccc5-c5ccccc54)cc3)n2)c1. The van der Waals surface area contributed by atoms with Gasteiger partial charge >= 0.3 is 0 Å². The fourth-order valence-corrected chi connectivity index (χ4v) is 11.0. The molecular weight excluding hydrogens is 777 g/mol. The molecule has 0 atom stereocenters. The first kappa shape index (κ1) is 38.3. The highest BCUT2D eigenvalue weighted by atomic mass is 15.0. The van der Waals surface area contributed by atoms with Gasteiger partial charge in [0, 0.05) is 33.2 Å². The van der Waals surface area contributed by atoms with Crippen molar-refractivity contribution < 1.29 is 0 Å². The van der Waals surface area contributed by atoms with Crippen molar-refractivity contribution in [2.75, 3.05) is 0 Å². The maximum Gasteiger partial charge on any atom is 0.164 e. The van der Waals surface area contributed by atoms with Crippen LogP contribution in [-0.2, 0) is 16.2 Å². The van der Waals surface area contributed by atoms with Gasteiger partial charge in [-0.15, -0.1) is 0 Å². The van der Waals surface area contributed by atoms with Crippen LogP contribution in [0.4, 0.5) is 0 Å². The molecule has 0 aliphatic heterocycles. The van der Waals surface area contributed by atoms with E-state index in [-0.39, 0.29) is 10.8 Å². The fraction of sp³-hybridized carbons (Fsp3) is 0.150. The van der Waals surface area contributed by atoms with E-state index in [4.69, 9.17) is 15.0 Å². The van der Waals surface area contributed by atoms with Crippen LogP contribution in [0, 0.1) is 0 Å². The Morgan fingerprint density at radius 2 is 0.875 bits per heavy atom. The number of hydrogen-bond acceptors (Lipinski definition) is 3. The molecule has 8 aromatic carbocycles. The van der Waals surface area contributed by atoms with Crippen LogP contribution in [0.25, 0.3) is 72.8 Å². The van der Waals surface area contributed by atoms with Gasteiger partial charge < -0.3 is 4.57 Å². The van der Waals surface area contributed by atoms with Crippen LogP contribution < -0.4 is 0 Å². The van der Waals surface area contributed by atoms with Gasteiger partial charge in [0.05, 0.1) is 16.4 Å². The molecule has 2 aliphatic carbocycles. The molecule has 4 nitrogen and oxygen atoms in total. The van der Waals surface area contributed by atoms with Crippen LogP contribution in [0.3, 0.4) is 0 Å². The van der Waals surface area contributed by atoms with Gasteiger partial charge in [-0.2, -0.15) is 0 Å². The van der Waals surface area contributed by atoms with Gasteiger partial charge in [0.2, 0.25) is 0 Å². The molecule has 12 rings (SSSR count). The van der Waals surface area contributed by atoms with E-state index in [1.165, 1.54) is 72.7 Å². The molecule has 308 valence electrons. The average Bonchev–Trinajstić information content (AvgIpc) is 3.84. The smallest absolute Gasteiger partial charge is 0.164 e. The van der Waals surface area contributed by atoms with Crippen molar-refractivity contribution in [3.05, 3.63) is 228 Å². The molecule has 64 heavy (non-hydrogen) atoms. The summed E-state index contributed by atoms with van der Waals surface area (Å²) in [6, 6.07) is 70.4. The van der Waals surface area contributed by atoms with Crippen LogP contribution >= 0.6 is 0 Å². The molecule has 0 saturated heterocycles. The van der Waals surface area contributed by atoms with Gasteiger partial charge in [-0.25, -0.2) is 15.0 Å². The summed E-state index contributed by atoms with van der Waals surface area (Å²) in [5.41, 5.74) is 16.5. The Hall–Kier alpha value is -7.43. The molecular formula is C60H48N4. The molecule has 0 fully saturated rings. The molecule has 4 heteroatoms. The van der Waals surface area contributed by atoms with E-state index >= 15 is 0 Å². The molecule has 0 bridgehead atoms. The van der Waals surface area contributed by atoms with Crippen molar-refractivity contribution in [3.8, 4) is 51.0 Å². The van der Waals surface area contributed by atoms with E-state index in [1.54, 1.807) is 0 Å². The molecule has 10 aromatic rings. The molecule has 2 aromatic heterocycles. The second-order valence-electron chi connectivity index (χ2n) is 19.0. The molecule has 0 unspecified atom stereocenters. The molecule has 2 aliphatic rings. The van der Waals surface area contributed by atoms with Crippen LogP contribution in [0.1, 0.15) is 73.9 Å². The normalized spacial score (nSPS) is 15.4. The van der Waals surface area contributed by atoms with Gasteiger partial charge in [0.25, 0.3) is 0 Å². The van der Waals surface area contributed by atoms with Crippen molar-refractivity contribution in [2.45, 2.75) is 56.8 Å². The maximum absolute atomic E-state index is 5.28. The monoisotopic (exact) mass is 824 g/mol. The highest BCUT2D eigenvalue weighted by Crippen LogP contribution is 2.56. The highest BCUT2D eigenvalue weighted by molar-refractivity contribution is 6.10. The lowest BCUT2D eigenvalue weighted by Crippen LogP contribution is -2.33. The van der Waals surface area contributed by atoms with Gasteiger partial charge in [0.1, 0.15) is 0 Å². The van der Waals surface area contributed by atoms with E-state index in [9.17, 15) is 0 Å². The summed E-state index contributed by atoms with van der Waals surface area (Å²) in [6.07, 6.45) is 2.35. The third-order valence-corrected chi connectivity index (χ3v) is 14.4. The Labute approximate surface area is 375 Å². The second-order valence-corrected chi connectivity index (χ2v) is 19.0. The van der Waals surface area contributed by atoms with Crippen molar-refractivity contribution >= 4 is 21.8 Å². The summed E-state index contributed by atoms with van der Waals surface area (Å²) >= 11 is 0. The summed E-state index contributed by atoms with van der Waals surface area (Å²) in [5.74, 6) is 1.91. The van der Waals surface area contributed by atoms with Crippen LogP contribution in [-0.4, -0.2) is 19.5 Å². The van der Waals surface area contributed by atoms with Gasteiger partial charge in [-0.1, -0.05) is 191 Å². The number of nitrogens with zero attached hydrogens (tertiary/aromatic N) is 4. The lowest BCUT2D eigenvalue weighted by molar-refractivity contribution is 0.332. The van der Waals surface area contributed by atoms with E-state index in [1.807, 2.05) is 18.2 Å². The summed E-state index contributed by atoms with van der Waals surface area (Å²) < 4.78 is 2.44. The molecule has 0 spiro atoms.